The number of aryl methyl sites for hydroxylation is 1. The van der Waals surface area contributed by atoms with Crippen LogP contribution in [0, 0.1) is 12.8 Å². The number of anilines is 1. The average molecular weight is 331 g/mol. The molecule has 2 N–H and O–H groups in total. The molecule has 2 amide bonds. The summed E-state index contributed by atoms with van der Waals surface area (Å²) in [7, 11) is 0. The van der Waals surface area contributed by atoms with Gasteiger partial charge in [0.15, 0.2) is 0 Å². The van der Waals surface area contributed by atoms with E-state index in [4.69, 9.17) is 23.2 Å². The molecule has 1 heterocycles. The van der Waals surface area contributed by atoms with Crippen LogP contribution >= 0.6 is 23.2 Å². The minimum atomic E-state index is -1.00. The van der Waals surface area contributed by atoms with Crippen molar-refractivity contribution in [1.29, 1.82) is 0 Å². The molecule has 1 fully saturated rings. The molecule has 2 atom stereocenters. The minimum absolute atomic E-state index is 0.0864. The Hall–Kier alpha value is -1.46. The average Bonchev–Trinajstić information content (AvgIpc) is 2.81. The number of carboxylic acids is 1. The van der Waals surface area contributed by atoms with Crippen LogP contribution in [-0.2, 0) is 4.79 Å². The van der Waals surface area contributed by atoms with Crippen LogP contribution in [0.15, 0.2) is 12.1 Å². The Balaban J connectivity index is 2.23. The van der Waals surface area contributed by atoms with E-state index in [1.165, 1.54) is 4.90 Å². The first-order valence-electron chi connectivity index (χ1n) is 6.58. The highest BCUT2D eigenvalue weighted by Crippen LogP contribution is 2.34. The molecule has 1 saturated heterocycles. The molecule has 0 bridgehead atoms. The van der Waals surface area contributed by atoms with E-state index in [0.717, 1.165) is 5.56 Å². The first-order chi connectivity index (χ1) is 9.82. The van der Waals surface area contributed by atoms with Gasteiger partial charge in [-0.2, -0.15) is 0 Å². The molecule has 5 nitrogen and oxygen atoms in total. The number of hydrogen-bond acceptors (Lipinski definition) is 2. The molecule has 7 heteroatoms. The van der Waals surface area contributed by atoms with E-state index in [2.05, 4.69) is 5.32 Å². The van der Waals surface area contributed by atoms with Gasteiger partial charge in [0.25, 0.3) is 0 Å². The molecule has 0 aromatic heterocycles. The van der Waals surface area contributed by atoms with Gasteiger partial charge in [0, 0.05) is 6.54 Å². The monoisotopic (exact) mass is 330 g/mol. The van der Waals surface area contributed by atoms with Crippen molar-refractivity contribution in [2.24, 2.45) is 5.92 Å². The van der Waals surface area contributed by atoms with E-state index in [1.807, 2.05) is 6.92 Å². The van der Waals surface area contributed by atoms with Crippen molar-refractivity contribution in [3.8, 4) is 0 Å². The van der Waals surface area contributed by atoms with Gasteiger partial charge >= 0.3 is 12.0 Å². The molecular weight excluding hydrogens is 315 g/mol. The molecule has 1 aromatic carbocycles. The maximum atomic E-state index is 12.3. The Morgan fingerprint density at radius 1 is 1.38 bits per heavy atom. The van der Waals surface area contributed by atoms with Crippen molar-refractivity contribution in [2.45, 2.75) is 26.3 Å². The van der Waals surface area contributed by atoms with Crippen molar-refractivity contribution in [2.75, 3.05) is 11.9 Å². The standard InChI is InChI=1S/C14H16Cl2N2O3/c1-7-3-4-9(15)11(10(7)16)17-14(21)18-6-5-8(2)12(18)13(19)20/h3-4,8,12H,5-6H2,1-2H3,(H,17,21)(H,19,20). The molecule has 1 aliphatic rings. The first-order valence-corrected chi connectivity index (χ1v) is 7.33. The lowest BCUT2D eigenvalue weighted by Gasteiger charge is -2.24. The molecule has 2 unspecified atom stereocenters. The normalized spacial score (nSPS) is 21.4. The van der Waals surface area contributed by atoms with Crippen molar-refractivity contribution in [3.05, 3.63) is 27.7 Å². The number of carboxylic acid groups (broad SMARTS) is 1. The topological polar surface area (TPSA) is 69.6 Å². The Labute approximate surface area is 132 Å². The van der Waals surface area contributed by atoms with Crippen LogP contribution in [0.5, 0.6) is 0 Å². The summed E-state index contributed by atoms with van der Waals surface area (Å²) in [6, 6.07) is 2.06. The van der Waals surface area contributed by atoms with Gasteiger partial charge in [-0.05, 0) is 30.9 Å². The number of nitrogens with zero attached hydrogens (tertiary/aromatic N) is 1. The van der Waals surface area contributed by atoms with Crippen LogP contribution in [0.1, 0.15) is 18.9 Å². The van der Waals surface area contributed by atoms with Gasteiger partial charge in [-0.3, -0.25) is 0 Å². The molecular formula is C14H16Cl2N2O3. The minimum Gasteiger partial charge on any atom is -0.480 e. The summed E-state index contributed by atoms with van der Waals surface area (Å²) in [4.78, 5) is 24.9. The Kier molecular flexibility index (Phi) is 4.64. The highest BCUT2D eigenvalue weighted by molar-refractivity contribution is 6.40. The van der Waals surface area contributed by atoms with E-state index in [1.54, 1.807) is 19.1 Å². The predicted molar refractivity (Wildman–Crippen MR) is 82.1 cm³/mol. The molecule has 114 valence electrons. The lowest BCUT2D eigenvalue weighted by Crippen LogP contribution is -2.44. The molecule has 0 aliphatic carbocycles. The Morgan fingerprint density at radius 2 is 2.05 bits per heavy atom. The van der Waals surface area contributed by atoms with E-state index in [-0.39, 0.29) is 5.92 Å². The Bertz CT molecular complexity index is 592. The van der Waals surface area contributed by atoms with Gasteiger partial charge in [0.1, 0.15) is 6.04 Å². The van der Waals surface area contributed by atoms with Crippen molar-refractivity contribution in [3.63, 3.8) is 0 Å². The summed E-state index contributed by atoms with van der Waals surface area (Å²) in [5, 5.41) is 12.5. The number of halogens is 2. The number of rotatable bonds is 2. The molecule has 1 aromatic rings. The number of carbonyl (C=O) groups is 2. The smallest absolute Gasteiger partial charge is 0.326 e. The zero-order valence-electron chi connectivity index (χ0n) is 11.7. The predicted octanol–water partition coefficient (Wildman–Crippen LogP) is 3.63. The van der Waals surface area contributed by atoms with E-state index in [9.17, 15) is 14.7 Å². The second-order valence-electron chi connectivity index (χ2n) is 5.23. The third-order valence-corrected chi connectivity index (χ3v) is 4.53. The number of likely N-dealkylation sites (tertiary alicyclic amines) is 1. The van der Waals surface area contributed by atoms with Crippen LogP contribution in [0.25, 0.3) is 0 Å². The maximum Gasteiger partial charge on any atom is 0.326 e. The van der Waals surface area contributed by atoms with Crippen molar-refractivity contribution < 1.29 is 14.7 Å². The third kappa shape index (κ3) is 3.09. The van der Waals surface area contributed by atoms with Gasteiger partial charge in [-0.25, -0.2) is 9.59 Å². The summed E-state index contributed by atoms with van der Waals surface area (Å²) < 4.78 is 0. The fourth-order valence-corrected chi connectivity index (χ4v) is 2.97. The number of benzene rings is 1. The number of aliphatic carboxylic acids is 1. The van der Waals surface area contributed by atoms with E-state index < -0.39 is 18.0 Å². The number of amides is 2. The number of nitrogens with one attached hydrogen (secondary N) is 1. The molecule has 1 aliphatic heterocycles. The number of urea groups is 1. The van der Waals surface area contributed by atoms with Crippen LogP contribution < -0.4 is 5.32 Å². The van der Waals surface area contributed by atoms with Crippen LogP contribution in [0.3, 0.4) is 0 Å². The maximum absolute atomic E-state index is 12.3. The van der Waals surface area contributed by atoms with Gasteiger partial charge in [0.05, 0.1) is 15.7 Å². The lowest BCUT2D eigenvalue weighted by molar-refractivity contribution is -0.142. The van der Waals surface area contributed by atoms with Gasteiger partial charge in [-0.15, -0.1) is 0 Å². The summed E-state index contributed by atoms with van der Waals surface area (Å²) in [6.45, 7) is 4.01. The zero-order valence-corrected chi connectivity index (χ0v) is 13.2. The highest BCUT2D eigenvalue weighted by Gasteiger charge is 2.39. The third-order valence-electron chi connectivity index (χ3n) is 3.73. The zero-order chi connectivity index (χ0) is 15.7. The van der Waals surface area contributed by atoms with Gasteiger partial charge in [0.2, 0.25) is 0 Å². The van der Waals surface area contributed by atoms with E-state index >= 15 is 0 Å². The van der Waals surface area contributed by atoms with Crippen LogP contribution in [-0.4, -0.2) is 34.6 Å². The second kappa shape index (κ2) is 6.12. The largest absolute Gasteiger partial charge is 0.480 e. The first kappa shape index (κ1) is 15.9. The fraction of sp³-hybridized carbons (Fsp3) is 0.429. The lowest BCUT2D eigenvalue weighted by atomic mass is 10.0. The molecule has 0 radical (unpaired) electrons. The molecule has 21 heavy (non-hydrogen) atoms. The summed E-state index contributed by atoms with van der Waals surface area (Å²) in [6.07, 6.45) is 0.652. The molecule has 2 rings (SSSR count). The van der Waals surface area contributed by atoms with Crippen LogP contribution in [0.2, 0.25) is 10.0 Å². The SMILES string of the molecule is Cc1ccc(Cl)c(NC(=O)N2CCC(C)C2C(=O)O)c1Cl. The number of hydrogen-bond donors (Lipinski definition) is 2. The molecule has 0 spiro atoms. The van der Waals surface area contributed by atoms with Crippen molar-refractivity contribution >= 4 is 40.9 Å². The quantitative estimate of drug-likeness (QED) is 0.869. The molecule has 0 saturated carbocycles. The van der Waals surface area contributed by atoms with Gasteiger partial charge in [-0.1, -0.05) is 36.2 Å². The number of carbonyl (C=O) groups excluding carboxylic acids is 1. The summed E-state index contributed by atoms with van der Waals surface area (Å²) in [5.41, 5.74) is 1.09. The second-order valence-corrected chi connectivity index (χ2v) is 6.01. The summed E-state index contributed by atoms with van der Waals surface area (Å²) >= 11 is 12.2. The highest BCUT2D eigenvalue weighted by atomic mass is 35.5. The fourth-order valence-electron chi connectivity index (χ4n) is 2.50. The van der Waals surface area contributed by atoms with Gasteiger partial charge < -0.3 is 15.3 Å². The van der Waals surface area contributed by atoms with Crippen LogP contribution in [0.4, 0.5) is 10.5 Å². The summed E-state index contributed by atoms with van der Waals surface area (Å²) in [5.74, 6) is -1.09. The van der Waals surface area contributed by atoms with E-state index in [0.29, 0.717) is 28.7 Å². The Morgan fingerprint density at radius 3 is 2.67 bits per heavy atom. The van der Waals surface area contributed by atoms with Crippen molar-refractivity contribution in [1.82, 2.24) is 4.90 Å².